The van der Waals surface area contributed by atoms with E-state index in [2.05, 4.69) is 10.6 Å². The number of carbonyl (C=O) groups is 2. The maximum Gasteiger partial charge on any atom is 0.316 e. The van der Waals surface area contributed by atoms with Crippen LogP contribution in [0.2, 0.25) is 0 Å². The third kappa shape index (κ3) is 4.46. The van der Waals surface area contributed by atoms with Gasteiger partial charge in [0.15, 0.2) is 0 Å². The molecule has 0 saturated heterocycles. The summed E-state index contributed by atoms with van der Waals surface area (Å²) < 4.78 is 0. The Morgan fingerprint density at radius 1 is 1.29 bits per heavy atom. The summed E-state index contributed by atoms with van der Waals surface area (Å²) in [6.45, 7) is 0.466. The average Bonchev–Trinajstić information content (AvgIpc) is 2.45. The van der Waals surface area contributed by atoms with Crippen LogP contribution in [0, 0.1) is 5.92 Å². The molecule has 0 radical (unpaired) electrons. The Bertz CT molecular complexity index is 519. The number of rotatable bonds is 4. The van der Waals surface area contributed by atoms with E-state index in [4.69, 9.17) is 5.73 Å². The number of hydrogen-bond acceptors (Lipinski definition) is 3. The normalized spacial score (nSPS) is 21.6. The molecule has 1 aromatic rings. The molecule has 1 aromatic carbocycles. The summed E-state index contributed by atoms with van der Waals surface area (Å²) in [4.78, 5) is 22.9. The minimum atomic E-state index is -0.669. The fraction of sp³-hybridized carbons (Fsp3) is 0.467. The van der Waals surface area contributed by atoms with Crippen molar-refractivity contribution >= 4 is 17.6 Å². The van der Waals surface area contributed by atoms with E-state index in [-0.39, 0.29) is 17.9 Å². The number of carbonyl (C=O) groups excluding carboxylic acids is 2. The molecule has 0 spiro atoms. The van der Waals surface area contributed by atoms with Crippen molar-refractivity contribution < 1.29 is 14.7 Å². The highest BCUT2D eigenvalue weighted by Gasteiger charge is 2.23. The molecular weight excluding hydrogens is 270 g/mol. The molecule has 3 amide bonds. The molecule has 0 aromatic heterocycles. The Morgan fingerprint density at radius 2 is 2.05 bits per heavy atom. The SMILES string of the molecule is NC(=O)Nc1cccc(C(=O)NCC2CCCCC2O)c1. The van der Waals surface area contributed by atoms with Crippen LogP contribution in [-0.2, 0) is 0 Å². The molecule has 0 aliphatic heterocycles. The minimum absolute atomic E-state index is 0.120. The van der Waals surface area contributed by atoms with Crippen molar-refractivity contribution in [3.63, 3.8) is 0 Å². The van der Waals surface area contributed by atoms with Crippen molar-refractivity contribution in [2.75, 3.05) is 11.9 Å². The summed E-state index contributed by atoms with van der Waals surface area (Å²) in [7, 11) is 0. The number of aliphatic hydroxyl groups is 1. The smallest absolute Gasteiger partial charge is 0.316 e. The third-order valence-electron chi connectivity index (χ3n) is 3.79. The molecule has 2 unspecified atom stereocenters. The van der Waals surface area contributed by atoms with E-state index >= 15 is 0 Å². The van der Waals surface area contributed by atoms with Crippen molar-refractivity contribution in [2.45, 2.75) is 31.8 Å². The van der Waals surface area contributed by atoms with Gasteiger partial charge in [-0.15, -0.1) is 0 Å². The van der Waals surface area contributed by atoms with Gasteiger partial charge in [0.2, 0.25) is 0 Å². The first-order chi connectivity index (χ1) is 10.1. The van der Waals surface area contributed by atoms with Crippen LogP contribution in [0.4, 0.5) is 10.5 Å². The number of nitrogens with one attached hydrogen (secondary N) is 2. The van der Waals surface area contributed by atoms with E-state index < -0.39 is 6.03 Å². The summed E-state index contributed by atoms with van der Waals surface area (Å²) >= 11 is 0. The zero-order chi connectivity index (χ0) is 15.2. The molecule has 1 saturated carbocycles. The van der Waals surface area contributed by atoms with Crippen LogP contribution in [0.25, 0.3) is 0 Å². The van der Waals surface area contributed by atoms with Crippen molar-refractivity contribution in [1.29, 1.82) is 0 Å². The van der Waals surface area contributed by atoms with Crippen molar-refractivity contribution in [3.8, 4) is 0 Å². The number of urea groups is 1. The standard InChI is InChI=1S/C15H21N3O3/c16-15(21)18-12-6-3-5-10(8-12)14(20)17-9-11-4-1-2-7-13(11)19/h3,5-6,8,11,13,19H,1-2,4,7,9H2,(H,17,20)(H3,16,18,21). The fourth-order valence-electron chi connectivity index (χ4n) is 2.63. The zero-order valence-corrected chi connectivity index (χ0v) is 11.8. The number of nitrogens with two attached hydrogens (primary N) is 1. The lowest BCUT2D eigenvalue weighted by Crippen LogP contribution is -2.36. The molecule has 1 aliphatic rings. The quantitative estimate of drug-likeness (QED) is 0.675. The zero-order valence-electron chi connectivity index (χ0n) is 11.8. The molecular formula is C15H21N3O3. The van der Waals surface area contributed by atoms with Crippen LogP contribution >= 0.6 is 0 Å². The Labute approximate surface area is 123 Å². The number of amides is 3. The highest BCUT2D eigenvalue weighted by molar-refractivity contribution is 5.96. The van der Waals surface area contributed by atoms with E-state index in [1.165, 1.54) is 0 Å². The molecule has 21 heavy (non-hydrogen) atoms. The molecule has 114 valence electrons. The first-order valence-corrected chi connectivity index (χ1v) is 7.19. The molecule has 5 N–H and O–H groups in total. The highest BCUT2D eigenvalue weighted by atomic mass is 16.3. The molecule has 2 atom stereocenters. The molecule has 6 heteroatoms. The van der Waals surface area contributed by atoms with Gasteiger partial charge in [-0.3, -0.25) is 4.79 Å². The summed E-state index contributed by atoms with van der Waals surface area (Å²) in [6.07, 6.45) is 3.55. The van der Waals surface area contributed by atoms with Gasteiger partial charge in [-0.2, -0.15) is 0 Å². The van der Waals surface area contributed by atoms with Crippen LogP contribution in [-0.4, -0.2) is 29.7 Å². The largest absolute Gasteiger partial charge is 0.393 e. The van der Waals surface area contributed by atoms with Crippen LogP contribution < -0.4 is 16.4 Å². The first kappa shape index (κ1) is 15.3. The molecule has 1 fully saturated rings. The van der Waals surface area contributed by atoms with Gasteiger partial charge in [-0.05, 0) is 31.0 Å². The first-order valence-electron chi connectivity index (χ1n) is 7.19. The second-order valence-electron chi connectivity index (χ2n) is 5.39. The van der Waals surface area contributed by atoms with Gasteiger partial charge >= 0.3 is 6.03 Å². The minimum Gasteiger partial charge on any atom is -0.393 e. The van der Waals surface area contributed by atoms with Crippen molar-refractivity contribution in [1.82, 2.24) is 5.32 Å². The van der Waals surface area contributed by atoms with Crippen molar-refractivity contribution in [3.05, 3.63) is 29.8 Å². The van der Waals surface area contributed by atoms with Gasteiger partial charge in [0, 0.05) is 23.7 Å². The fourth-order valence-corrected chi connectivity index (χ4v) is 2.63. The van der Waals surface area contributed by atoms with E-state index in [9.17, 15) is 14.7 Å². The van der Waals surface area contributed by atoms with Gasteiger partial charge < -0.3 is 21.5 Å². The summed E-state index contributed by atoms with van der Waals surface area (Å²) in [5, 5.41) is 15.2. The van der Waals surface area contributed by atoms with E-state index in [1.54, 1.807) is 24.3 Å². The van der Waals surface area contributed by atoms with Crippen LogP contribution in [0.15, 0.2) is 24.3 Å². The lowest BCUT2D eigenvalue weighted by Gasteiger charge is -2.27. The molecule has 0 heterocycles. The summed E-state index contributed by atoms with van der Waals surface area (Å²) in [6, 6.07) is 5.90. The van der Waals surface area contributed by atoms with Gasteiger partial charge in [-0.1, -0.05) is 18.9 Å². The average molecular weight is 291 g/mol. The van der Waals surface area contributed by atoms with Gasteiger partial charge in [0.25, 0.3) is 5.91 Å². The predicted octanol–water partition coefficient (Wildman–Crippen LogP) is 1.46. The Kier molecular flexibility index (Phi) is 5.16. The van der Waals surface area contributed by atoms with Gasteiger partial charge in [-0.25, -0.2) is 4.79 Å². The lowest BCUT2D eigenvalue weighted by atomic mass is 9.86. The number of anilines is 1. The van der Waals surface area contributed by atoms with E-state index in [1.807, 2.05) is 0 Å². The monoisotopic (exact) mass is 291 g/mol. The van der Waals surface area contributed by atoms with Crippen molar-refractivity contribution in [2.24, 2.45) is 11.7 Å². The van der Waals surface area contributed by atoms with Gasteiger partial charge in [0.1, 0.15) is 0 Å². The number of benzene rings is 1. The topological polar surface area (TPSA) is 104 Å². The number of hydrogen-bond donors (Lipinski definition) is 4. The Morgan fingerprint density at radius 3 is 2.76 bits per heavy atom. The highest BCUT2D eigenvalue weighted by Crippen LogP contribution is 2.23. The Hall–Kier alpha value is -2.08. The van der Waals surface area contributed by atoms with E-state index in [0.717, 1.165) is 25.7 Å². The number of primary amides is 1. The lowest BCUT2D eigenvalue weighted by molar-refractivity contribution is 0.0663. The molecule has 1 aliphatic carbocycles. The molecule has 0 bridgehead atoms. The van der Waals surface area contributed by atoms with Gasteiger partial charge in [0.05, 0.1) is 6.10 Å². The molecule has 2 rings (SSSR count). The second kappa shape index (κ2) is 7.08. The second-order valence-corrected chi connectivity index (χ2v) is 5.39. The summed E-state index contributed by atoms with van der Waals surface area (Å²) in [5.41, 5.74) is 5.97. The Balaban J connectivity index is 1.92. The van der Waals surface area contributed by atoms with Crippen LogP contribution in [0.1, 0.15) is 36.0 Å². The maximum atomic E-state index is 12.1. The van der Waals surface area contributed by atoms with E-state index in [0.29, 0.717) is 17.8 Å². The van der Waals surface area contributed by atoms with Crippen LogP contribution in [0.5, 0.6) is 0 Å². The number of aliphatic hydroxyl groups excluding tert-OH is 1. The molecule has 6 nitrogen and oxygen atoms in total. The predicted molar refractivity (Wildman–Crippen MR) is 79.9 cm³/mol. The van der Waals surface area contributed by atoms with Crippen LogP contribution in [0.3, 0.4) is 0 Å². The maximum absolute atomic E-state index is 12.1. The summed E-state index contributed by atoms with van der Waals surface area (Å²) in [5.74, 6) is -0.101. The third-order valence-corrected chi connectivity index (χ3v) is 3.79.